The highest BCUT2D eigenvalue weighted by Gasteiger charge is 2.29. The Hall–Kier alpha value is -1.57. The molecule has 4 atom stereocenters. The molecule has 5 N–H and O–H groups in total. The fraction of sp³-hybridized carbons (Fsp3) is 0.400. The largest absolute Gasteiger partial charge is 0.394 e. The number of hydrogen-bond acceptors (Lipinski definition) is 6. The van der Waals surface area contributed by atoms with E-state index < -0.39 is 31.0 Å². The Labute approximate surface area is 123 Å². The first kappa shape index (κ1) is 17.5. The van der Waals surface area contributed by atoms with E-state index in [1.54, 1.807) is 6.08 Å². The van der Waals surface area contributed by atoms with Gasteiger partial charge in [0.1, 0.15) is 24.4 Å². The van der Waals surface area contributed by atoms with E-state index in [2.05, 4.69) is 4.99 Å². The van der Waals surface area contributed by atoms with E-state index in [0.717, 1.165) is 5.56 Å². The second-order valence-corrected chi connectivity index (χ2v) is 4.58. The Morgan fingerprint density at radius 3 is 2.19 bits per heavy atom. The van der Waals surface area contributed by atoms with Crippen LogP contribution in [0, 0.1) is 0 Å². The molecule has 116 valence electrons. The molecule has 1 rings (SSSR count). The molecule has 0 unspecified atom stereocenters. The number of hydrogen-bond donors (Lipinski definition) is 5. The molecule has 6 nitrogen and oxygen atoms in total. The zero-order valence-electron chi connectivity index (χ0n) is 11.5. The van der Waals surface area contributed by atoms with Gasteiger partial charge in [0.15, 0.2) is 0 Å². The maximum absolute atomic E-state index is 9.61. The first-order chi connectivity index (χ1) is 10.1. The Morgan fingerprint density at radius 2 is 1.57 bits per heavy atom. The third kappa shape index (κ3) is 6.16. The number of nitrogens with zero attached hydrogens (tertiary/aromatic N) is 1. The third-order valence-electron chi connectivity index (χ3n) is 2.90. The van der Waals surface area contributed by atoms with Gasteiger partial charge in [-0.05, 0) is 11.6 Å². The van der Waals surface area contributed by atoms with E-state index >= 15 is 0 Å². The van der Waals surface area contributed by atoms with Crippen molar-refractivity contribution in [2.75, 3.05) is 13.2 Å². The van der Waals surface area contributed by atoms with Crippen molar-refractivity contribution in [1.82, 2.24) is 0 Å². The molecule has 0 spiro atoms. The SMILES string of the molecule is OC[C@@H](O)[C@@H](O)[C@H](O)[C@@H](O)CN=C/C=C/c1ccccc1. The minimum absolute atomic E-state index is 0.129. The van der Waals surface area contributed by atoms with Crippen LogP contribution in [0.2, 0.25) is 0 Å². The molecule has 0 fully saturated rings. The average Bonchev–Trinajstić information content (AvgIpc) is 2.53. The van der Waals surface area contributed by atoms with Crippen molar-refractivity contribution in [3.63, 3.8) is 0 Å². The van der Waals surface area contributed by atoms with Crippen LogP contribution in [0.3, 0.4) is 0 Å². The van der Waals surface area contributed by atoms with Gasteiger partial charge in [0, 0.05) is 6.21 Å². The predicted octanol–water partition coefficient (Wildman–Crippen LogP) is -0.793. The van der Waals surface area contributed by atoms with E-state index in [4.69, 9.17) is 10.2 Å². The Bertz CT molecular complexity index is 449. The molecule has 0 heterocycles. The zero-order valence-corrected chi connectivity index (χ0v) is 11.5. The summed E-state index contributed by atoms with van der Waals surface area (Å²) in [4.78, 5) is 3.90. The Balaban J connectivity index is 2.40. The van der Waals surface area contributed by atoms with E-state index in [0.29, 0.717) is 0 Å². The van der Waals surface area contributed by atoms with Gasteiger partial charge >= 0.3 is 0 Å². The lowest BCUT2D eigenvalue weighted by Gasteiger charge is -2.24. The van der Waals surface area contributed by atoms with Crippen molar-refractivity contribution in [3.8, 4) is 0 Å². The molecule has 0 aliphatic heterocycles. The van der Waals surface area contributed by atoms with Crippen molar-refractivity contribution >= 4 is 12.3 Å². The Kier molecular flexibility index (Phi) is 7.81. The van der Waals surface area contributed by atoms with Gasteiger partial charge in [0.25, 0.3) is 0 Å². The van der Waals surface area contributed by atoms with E-state index in [9.17, 15) is 15.3 Å². The first-order valence-corrected chi connectivity index (χ1v) is 6.61. The molecular weight excluding hydrogens is 274 g/mol. The third-order valence-corrected chi connectivity index (χ3v) is 2.90. The smallest absolute Gasteiger partial charge is 0.111 e. The fourth-order valence-corrected chi connectivity index (χ4v) is 1.62. The van der Waals surface area contributed by atoms with Crippen molar-refractivity contribution in [2.24, 2.45) is 4.99 Å². The lowest BCUT2D eigenvalue weighted by molar-refractivity contribution is -0.112. The van der Waals surface area contributed by atoms with E-state index in [-0.39, 0.29) is 6.54 Å². The summed E-state index contributed by atoms with van der Waals surface area (Å²) in [5.41, 5.74) is 1.01. The molecule has 1 aromatic carbocycles. The van der Waals surface area contributed by atoms with Gasteiger partial charge < -0.3 is 25.5 Å². The van der Waals surface area contributed by atoms with Gasteiger partial charge in [-0.2, -0.15) is 0 Å². The topological polar surface area (TPSA) is 114 Å². The molecule has 6 heteroatoms. The molecule has 0 amide bonds. The quantitative estimate of drug-likeness (QED) is 0.403. The minimum atomic E-state index is -1.62. The van der Waals surface area contributed by atoms with Crippen LogP contribution in [0.5, 0.6) is 0 Å². The van der Waals surface area contributed by atoms with Crippen molar-refractivity contribution < 1.29 is 25.5 Å². The monoisotopic (exact) mass is 295 g/mol. The van der Waals surface area contributed by atoms with Crippen LogP contribution < -0.4 is 0 Å². The molecule has 0 saturated heterocycles. The van der Waals surface area contributed by atoms with Crippen LogP contribution in [-0.2, 0) is 0 Å². The number of rotatable bonds is 8. The van der Waals surface area contributed by atoms with Crippen molar-refractivity contribution in [2.45, 2.75) is 24.4 Å². The van der Waals surface area contributed by atoms with Crippen LogP contribution in [0.4, 0.5) is 0 Å². The van der Waals surface area contributed by atoms with Gasteiger partial charge in [-0.15, -0.1) is 0 Å². The normalized spacial score (nSPS) is 18.0. The summed E-state index contributed by atoms with van der Waals surface area (Å²) >= 11 is 0. The molecule has 0 aliphatic carbocycles. The van der Waals surface area contributed by atoms with E-state index in [1.807, 2.05) is 36.4 Å². The second kappa shape index (κ2) is 9.38. The summed E-state index contributed by atoms with van der Waals surface area (Å²) in [5.74, 6) is 0. The summed E-state index contributed by atoms with van der Waals surface area (Å²) < 4.78 is 0. The summed E-state index contributed by atoms with van der Waals surface area (Å²) in [6.45, 7) is -0.830. The lowest BCUT2D eigenvalue weighted by Crippen LogP contribution is -2.46. The summed E-state index contributed by atoms with van der Waals surface area (Å²) in [6.07, 6.45) is -1.05. The predicted molar refractivity (Wildman–Crippen MR) is 79.9 cm³/mol. The highest BCUT2D eigenvalue weighted by atomic mass is 16.4. The van der Waals surface area contributed by atoms with Crippen LogP contribution in [0.25, 0.3) is 6.08 Å². The molecule has 21 heavy (non-hydrogen) atoms. The summed E-state index contributed by atoms with van der Waals surface area (Å²) in [7, 11) is 0. The number of benzene rings is 1. The molecule has 0 aromatic heterocycles. The van der Waals surface area contributed by atoms with E-state index in [1.165, 1.54) is 6.21 Å². The minimum Gasteiger partial charge on any atom is -0.394 e. The van der Waals surface area contributed by atoms with Gasteiger partial charge in [-0.3, -0.25) is 4.99 Å². The summed E-state index contributed by atoms with van der Waals surface area (Å²) in [5, 5.41) is 46.4. The standard InChI is InChI=1S/C15H21NO5/c17-10-13(19)15(21)14(20)12(18)9-16-8-4-7-11-5-2-1-3-6-11/h1-8,12-15,17-21H,9-10H2/b7-4+,16-8?/t12-,13+,14+,15+/m0/s1. The number of aliphatic imine (C=N–C) groups is 1. The zero-order chi connectivity index (χ0) is 15.7. The lowest BCUT2D eigenvalue weighted by atomic mass is 10.0. The van der Waals surface area contributed by atoms with Gasteiger partial charge in [-0.25, -0.2) is 0 Å². The van der Waals surface area contributed by atoms with Crippen LogP contribution in [0.1, 0.15) is 5.56 Å². The van der Waals surface area contributed by atoms with Crippen LogP contribution in [0.15, 0.2) is 41.4 Å². The molecule has 0 aliphatic rings. The number of aliphatic hydroxyl groups is 5. The van der Waals surface area contributed by atoms with Crippen molar-refractivity contribution in [1.29, 1.82) is 0 Å². The molecular formula is C15H21NO5. The van der Waals surface area contributed by atoms with Gasteiger partial charge in [-0.1, -0.05) is 36.4 Å². The summed E-state index contributed by atoms with van der Waals surface area (Å²) in [6, 6.07) is 9.58. The first-order valence-electron chi connectivity index (χ1n) is 6.61. The molecule has 0 radical (unpaired) electrons. The molecule has 1 aromatic rings. The molecule has 0 saturated carbocycles. The molecule has 0 bridgehead atoms. The number of allylic oxidation sites excluding steroid dienone is 1. The van der Waals surface area contributed by atoms with Crippen LogP contribution >= 0.6 is 0 Å². The van der Waals surface area contributed by atoms with Crippen molar-refractivity contribution in [3.05, 3.63) is 42.0 Å². The highest BCUT2D eigenvalue weighted by molar-refractivity contribution is 5.78. The van der Waals surface area contributed by atoms with Gasteiger partial charge in [0.05, 0.1) is 13.2 Å². The maximum Gasteiger partial charge on any atom is 0.111 e. The average molecular weight is 295 g/mol. The number of aliphatic hydroxyl groups excluding tert-OH is 5. The fourth-order valence-electron chi connectivity index (χ4n) is 1.62. The second-order valence-electron chi connectivity index (χ2n) is 4.58. The highest BCUT2D eigenvalue weighted by Crippen LogP contribution is 2.05. The Morgan fingerprint density at radius 1 is 0.952 bits per heavy atom. The van der Waals surface area contributed by atoms with Crippen LogP contribution in [-0.4, -0.2) is 69.3 Å². The maximum atomic E-state index is 9.61. The van der Waals surface area contributed by atoms with Gasteiger partial charge in [0.2, 0.25) is 0 Å².